The number of aromatic nitrogens is 3. The first-order chi connectivity index (χ1) is 11.3. The second kappa shape index (κ2) is 5.63. The first kappa shape index (κ1) is 16.0. The van der Waals surface area contributed by atoms with Gasteiger partial charge in [-0.1, -0.05) is 32.9 Å². The minimum Gasteiger partial charge on any atom is -0.497 e. The Kier molecular flexibility index (Phi) is 3.75. The molecule has 2 heterocycles. The molecule has 0 radical (unpaired) electrons. The Bertz CT molecular complexity index is 923. The molecule has 6 nitrogen and oxygen atoms in total. The fourth-order valence-corrected chi connectivity index (χ4v) is 2.44. The van der Waals surface area contributed by atoms with Crippen LogP contribution >= 0.6 is 0 Å². The van der Waals surface area contributed by atoms with Crippen LogP contribution in [-0.2, 0) is 5.41 Å². The van der Waals surface area contributed by atoms with Gasteiger partial charge in [0.15, 0.2) is 11.3 Å². The van der Waals surface area contributed by atoms with E-state index in [1.54, 1.807) is 11.6 Å². The Morgan fingerprint density at radius 1 is 1.21 bits per heavy atom. The van der Waals surface area contributed by atoms with Crippen LogP contribution in [0.3, 0.4) is 0 Å². The van der Waals surface area contributed by atoms with Gasteiger partial charge in [-0.3, -0.25) is 0 Å². The molecule has 1 N–H and O–H groups in total. The number of hydrogen-bond donors (Lipinski definition) is 1. The van der Waals surface area contributed by atoms with Crippen LogP contribution in [-0.4, -0.2) is 32.8 Å². The van der Waals surface area contributed by atoms with Crippen LogP contribution < -0.4 is 4.74 Å². The lowest BCUT2D eigenvalue weighted by Gasteiger charge is -2.13. The molecule has 124 valence electrons. The van der Waals surface area contributed by atoms with Crippen LogP contribution in [0, 0.1) is 0 Å². The molecule has 6 heteroatoms. The van der Waals surface area contributed by atoms with Crippen LogP contribution in [0.5, 0.6) is 5.75 Å². The SMILES string of the molecule is COc1cccc(-c2cc(C(=O)O)nc3cc(C(C)(C)C)nn23)c1. The number of fused-ring (bicyclic) bond motifs is 1. The molecule has 2 aromatic heterocycles. The summed E-state index contributed by atoms with van der Waals surface area (Å²) in [6.07, 6.45) is 0. The molecule has 1 aromatic carbocycles. The van der Waals surface area contributed by atoms with E-state index in [0.717, 1.165) is 11.3 Å². The molecule has 0 spiro atoms. The largest absolute Gasteiger partial charge is 0.497 e. The van der Waals surface area contributed by atoms with Gasteiger partial charge in [-0.05, 0) is 18.2 Å². The molecule has 0 saturated carbocycles. The smallest absolute Gasteiger partial charge is 0.354 e. The van der Waals surface area contributed by atoms with Crippen molar-refractivity contribution in [3.63, 3.8) is 0 Å². The molecule has 0 saturated heterocycles. The fraction of sp³-hybridized carbons (Fsp3) is 0.278. The maximum absolute atomic E-state index is 11.4. The van der Waals surface area contributed by atoms with Gasteiger partial charge in [0.1, 0.15) is 5.75 Å². The minimum absolute atomic E-state index is 0.0133. The number of nitrogens with zero attached hydrogens (tertiary/aromatic N) is 3. The first-order valence-electron chi connectivity index (χ1n) is 7.58. The van der Waals surface area contributed by atoms with Gasteiger partial charge in [-0.15, -0.1) is 0 Å². The fourth-order valence-electron chi connectivity index (χ4n) is 2.44. The maximum atomic E-state index is 11.4. The van der Waals surface area contributed by atoms with E-state index in [1.165, 1.54) is 6.07 Å². The highest BCUT2D eigenvalue weighted by Crippen LogP contribution is 2.28. The van der Waals surface area contributed by atoms with E-state index in [4.69, 9.17) is 4.74 Å². The zero-order chi connectivity index (χ0) is 17.5. The molecule has 0 aliphatic carbocycles. The van der Waals surface area contributed by atoms with Crippen LogP contribution in [0.2, 0.25) is 0 Å². The number of carbonyl (C=O) groups is 1. The van der Waals surface area contributed by atoms with E-state index in [-0.39, 0.29) is 11.1 Å². The van der Waals surface area contributed by atoms with Gasteiger partial charge in [0.05, 0.1) is 18.5 Å². The number of ether oxygens (including phenoxy) is 1. The van der Waals surface area contributed by atoms with E-state index < -0.39 is 5.97 Å². The van der Waals surface area contributed by atoms with Crippen molar-refractivity contribution in [3.8, 4) is 17.0 Å². The van der Waals surface area contributed by atoms with Gasteiger partial charge >= 0.3 is 5.97 Å². The molecule has 3 aromatic rings. The number of carboxylic acid groups (broad SMARTS) is 1. The van der Waals surface area contributed by atoms with Crippen molar-refractivity contribution >= 4 is 11.6 Å². The monoisotopic (exact) mass is 325 g/mol. The van der Waals surface area contributed by atoms with Gasteiger partial charge < -0.3 is 9.84 Å². The summed E-state index contributed by atoms with van der Waals surface area (Å²) in [6, 6.07) is 10.8. The molecule has 0 aliphatic heterocycles. The summed E-state index contributed by atoms with van der Waals surface area (Å²) in [5.41, 5.74) is 2.66. The third kappa shape index (κ3) is 2.82. The van der Waals surface area contributed by atoms with Crippen LogP contribution in [0.15, 0.2) is 36.4 Å². The molecular weight excluding hydrogens is 306 g/mol. The number of hydrogen-bond acceptors (Lipinski definition) is 4. The maximum Gasteiger partial charge on any atom is 0.354 e. The Morgan fingerprint density at radius 3 is 2.58 bits per heavy atom. The average Bonchev–Trinajstić information content (AvgIpc) is 2.98. The average molecular weight is 325 g/mol. The Morgan fingerprint density at radius 2 is 1.96 bits per heavy atom. The van der Waals surface area contributed by atoms with Gasteiger partial charge in [-0.25, -0.2) is 14.3 Å². The number of benzene rings is 1. The molecule has 24 heavy (non-hydrogen) atoms. The quantitative estimate of drug-likeness (QED) is 0.798. The lowest BCUT2D eigenvalue weighted by Crippen LogP contribution is -2.12. The van der Waals surface area contributed by atoms with Gasteiger partial charge in [0.25, 0.3) is 0 Å². The van der Waals surface area contributed by atoms with E-state index in [0.29, 0.717) is 17.1 Å². The lowest BCUT2D eigenvalue weighted by molar-refractivity contribution is 0.0690. The zero-order valence-electron chi connectivity index (χ0n) is 14.1. The number of methoxy groups -OCH3 is 1. The van der Waals surface area contributed by atoms with Crippen LogP contribution in [0.25, 0.3) is 16.9 Å². The van der Waals surface area contributed by atoms with Gasteiger partial charge in [0.2, 0.25) is 0 Å². The van der Waals surface area contributed by atoms with Crippen LogP contribution in [0.4, 0.5) is 0 Å². The molecule has 0 fully saturated rings. The molecule has 0 amide bonds. The number of carboxylic acids is 1. The Labute approximate surface area is 139 Å². The summed E-state index contributed by atoms with van der Waals surface area (Å²) in [5, 5.41) is 14.0. The summed E-state index contributed by atoms with van der Waals surface area (Å²) >= 11 is 0. The molecule has 0 atom stereocenters. The van der Waals surface area contributed by atoms with Crippen molar-refractivity contribution in [2.24, 2.45) is 0 Å². The number of rotatable bonds is 3. The Hall–Kier alpha value is -2.89. The van der Waals surface area contributed by atoms with Crippen molar-refractivity contribution < 1.29 is 14.6 Å². The minimum atomic E-state index is -1.07. The van der Waals surface area contributed by atoms with Crippen LogP contribution in [0.1, 0.15) is 37.0 Å². The molecule has 0 aliphatic rings. The highest BCUT2D eigenvalue weighted by Gasteiger charge is 2.21. The highest BCUT2D eigenvalue weighted by molar-refractivity contribution is 5.87. The third-order valence-electron chi connectivity index (χ3n) is 3.78. The first-order valence-corrected chi connectivity index (χ1v) is 7.58. The zero-order valence-corrected chi connectivity index (χ0v) is 14.1. The molecule has 3 rings (SSSR count). The molecular formula is C18H19N3O3. The second-order valence-electron chi connectivity index (χ2n) is 6.61. The summed E-state index contributed by atoms with van der Waals surface area (Å²) in [5.74, 6) is -0.377. The molecule has 0 bridgehead atoms. The van der Waals surface area contributed by atoms with Gasteiger partial charge in [0, 0.05) is 17.0 Å². The summed E-state index contributed by atoms with van der Waals surface area (Å²) in [7, 11) is 1.59. The van der Waals surface area contributed by atoms with E-state index >= 15 is 0 Å². The van der Waals surface area contributed by atoms with E-state index in [1.807, 2.05) is 30.3 Å². The van der Waals surface area contributed by atoms with Crippen molar-refractivity contribution in [3.05, 3.63) is 47.8 Å². The Balaban J connectivity index is 2.31. The van der Waals surface area contributed by atoms with Gasteiger partial charge in [-0.2, -0.15) is 5.10 Å². The van der Waals surface area contributed by atoms with E-state index in [9.17, 15) is 9.90 Å². The normalized spacial score (nSPS) is 11.7. The predicted octanol–water partition coefficient (Wildman–Crippen LogP) is 3.40. The summed E-state index contributed by atoms with van der Waals surface area (Å²) in [4.78, 5) is 15.6. The summed E-state index contributed by atoms with van der Waals surface area (Å²) in [6.45, 7) is 6.16. The van der Waals surface area contributed by atoms with E-state index in [2.05, 4.69) is 30.9 Å². The second-order valence-corrected chi connectivity index (χ2v) is 6.61. The lowest BCUT2D eigenvalue weighted by atomic mass is 9.93. The molecule has 0 unspecified atom stereocenters. The van der Waals surface area contributed by atoms with Crippen molar-refractivity contribution in [2.75, 3.05) is 7.11 Å². The highest BCUT2D eigenvalue weighted by atomic mass is 16.5. The predicted molar refractivity (Wildman–Crippen MR) is 90.6 cm³/mol. The number of aromatic carboxylic acids is 1. The third-order valence-corrected chi connectivity index (χ3v) is 3.78. The van der Waals surface area contributed by atoms with Crippen molar-refractivity contribution in [1.82, 2.24) is 14.6 Å². The van der Waals surface area contributed by atoms with Crippen molar-refractivity contribution in [2.45, 2.75) is 26.2 Å². The van der Waals surface area contributed by atoms with Crippen molar-refractivity contribution in [1.29, 1.82) is 0 Å². The standard InChI is InChI=1S/C18H19N3O3/c1-18(2,3)15-10-16-19-13(17(22)23)9-14(21(16)20-15)11-6-5-7-12(8-11)24-4/h5-10H,1-4H3,(H,22,23). The topological polar surface area (TPSA) is 76.7 Å². The summed E-state index contributed by atoms with van der Waals surface area (Å²) < 4.78 is 6.95.